The molecule has 0 radical (unpaired) electrons. The molecule has 4 rings (SSSR count). The second-order valence-electron chi connectivity index (χ2n) is 7.17. The van der Waals surface area contributed by atoms with Crippen LogP contribution >= 0.6 is 0 Å². The summed E-state index contributed by atoms with van der Waals surface area (Å²) in [5.74, 6) is -0.446. The van der Waals surface area contributed by atoms with Gasteiger partial charge in [0.1, 0.15) is 0 Å². The SMILES string of the molecule is CCOC(=O)CC1c2ccccc2C=NN1S(C)(=O)=O.c1ccc(-c2ccccc2)cc1. The standard InChI is InChI=1S/C13H16N2O4S.C12H10/c1-3-19-13(16)8-12-11-7-5-4-6-10(11)9-14-15(12)20(2,17)18;1-3-7-11(8-4-1)12-9-5-2-6-10-12/h4-7,9,12H,3,8H2,1-2H3;1-10H. The number of sulfonamides is 1. The molecule has 0 amide bonds. The van der Waals surface area contributed by atoms with Crippen LogP contribution < -0.4 is 0 Å². The van der Waals surface area contributed by atoms with Gasteiger partial charge in [0.05, 0.1) is 31.5 Å². The monoisotopic (exact) mass is 450 g/mol. The summed E-state index contributed by atoms with van der Waals surface area (Å²) in [6.45, 7) is 1.97. The van der Waals surface area contributed by atoms with Gasteiger partial charge in [-0.1, -0.05) is 84.9 Å². The number of rotatable bonds is 5. The number of ether oxygens (including phenoxy) is 1. The van der Waals surface area contributed by atoms with E-state index in [-0.39, 0.29) is 13.0 Å². The quantitative estimate of drug-likeness (QED) is 0.531. The molecule has 1 atom stereocenters. The summed E-state index contributed by atoms with van der Waals surface area (Å²) in [6, 6.07) is 27.4. The van der Waals surface area contributed by atoms with Crippen LogP contribution in [0.1, 0.15) is 30.5 Å². The molecular formula is C25H26N2O4S. The first-order chi connectivity index (χ1) is 15.4. The first-order valence-corrected chi connectivity index (χ1v) is 12.1. The van der Waals surface area contributed by atoms with E-state index in [0.717, 1.165) is 21.8 Å². The van der Waals surface area contributed by atoms with Crippen LogP contribution in [0, 0.1) is 0 Å². The predicted molar refractivity (Wildman–Crippen MR) is 127 cm³/mol. The highest BCUT2D eigenvalue weighted by atomic mass is 32.2. The summed E-state index contributed by atoms with van der Waals surface area (Å²) >= 11 is 0. The molecule has 1 aliphatic heterocycles. The highest BCUT2D eigenvalue weighted by Gasteiger charge is 2.32. The van der Waals surface area contributed by atoms with Gasteiger partial charge in [-0.05, 0) is 29.2 Å². The van der Waals surface area contributed by atoms with Crippen LogP contribution in [0.4, 0.5) is 0 Å². The van der Waals surface area contributed by atoms with Gasteiger partial charge in [-0.2, -0.15) is 9.52 Å². The van der Waals surface area contributed by atoms with Crippen LogP contribution in [0.15, 0.2) is 90.0 Å². The Bertz CT molecular complexity index is 1130. The number of carbonyl (C=O) groups excluding carboxylic acids is 1. The first-order valence-electron chi connectivity index (χ1n) is 10.3. The molecule has 0 spiro atoms. The summed E-state index contributed by atoms with van der Waals surface area (Å²) in [7, 11) is -3.55. The van der Waals surface area contributed by atoms with E-state index in [1.807, 2.05) is 24.3 Å². The summed E-state index contributed by atoms with van der Waals surface area (Å²) in [5, 5.41) is 3.95. The topological polar surface area (TPSA) is 76.0 Å². The third-order valence-corrected chi connectivity index (χ3v) is 5.85. The Kier molecular flexibility index (Phi) is 7.78. The summed E-state index contributed by atoms with van der Waals surface area (Å²) in [6.07, 6.45) is 2.49. The Hall–Kier alpha value is -3.45. The van der Waals surface area contributed by atoms with Crippen molar-refractivity contribution in [1.82, 2.24) is 4.41 Å². The van der Waals surface area contributed by atoms with E-state index in [1.165, 1.54) is 17.3 Å². The Morgan fingerprint density at radius 2 is 1.44 bits per heavy atom. The van der Waals surface area contributed by atoms with Crippen molar-refractivity contribution in [3.63, 3.8) is 0 Å². The maximum absolute atomic E-state index is 11.8. The van der Waals surface area contributed by atoms with Crippen molar-refractivity contribution in [3.8, 4) is 11.1 Å². The van der Waals surface area contributed by atoms with Gasteiger partial charge in [-0.25, -0.2) is 8.42 Å². The molecule has 0 aromatic heterocycles. The molecule has 1 aliphatic rings. The van der Waals surface area contributed by atoms with E-state index < -0.39 is 22.0 Å². The van der Waals surface area contributed by atoms with Crippen molar-refractivity contribution in [2.45, 2.75) is 19.4 Å². The van der Waals surface area contributed by atoms with Gasteiger partial charge in [0.2, 0.25) is 10.0 Å². The minimum absolute atomic E-state index is 0.0603. The molecule has 6 nitrogen and oxygen atoms in total. The van der Waals surface area contributed by atoms with Gasteiger partial charge in [0.25, 0.3) is 0 Å². The lowest BCUT2D eigenvalue weighted by molar-refractivity contribution is -0.144. The number of carbonyl (C=O) groups is 1. The Morgan fingerprint density at radius 1 is 0.906 bits per heavy atom. The van der Waals surface area contributed by atoms with Crippen molar-refractivity contribution in [2.75, 3.05) is 12.9 Å². The van der Waals surface area contributed by atoms with Crippen LogP contribution in [-0.4, -0.2) is 37.9 Å². The van der Waals surface area contributed by atoms with E-state index in [9.17, 15) is 13.2 Å². The Balaban J connectivity index is 0.000000204. The molecule has 0 N–H and O–H groups in total. The lowest BCUT2D eigenvalue weighted by atomic mass is 9.98. The van der Waals surface area contributed by atoms with Gasteiger partial charge >= 0.3 is 5.97 Å². The lowest BCUT2D eigenvalue weighted by Crippen LogP contribution is -2.34. The van der Waals surface area contributed by atoms with Crippen molar-refractivity contribution in [2.24, 2.45) is 5.10 Å². The molecule has 32 heavy (non-hydrogen) atoms. The van der Waals surface area contributed by atoms with Gasteiger partial charge in [0.15, 0.2) is 0 Å². The van der Waals surface area contributed by atoms with Gasteiger partial charge < -0.3 is 4.74 Å². The van der Waals surface area contributed by atoms with Crippen molar-refractivity contribution < 1.29 is 17.9 Å². The number of fused-ring (bicyclic) bond motifs is 1. The van der Waals surface area contributed by atoms with Crippen LogP contribution in [0.3, 0.4) is 0 Å². The summed E-state index contributed by atoms with van der Waals surface area (Å²) in [5.41, 5.74) is 4.11. The normalized spacial score (nSPS) is 14.7. The second-order valence-corrected chi connectivity index (χ2v) is 9.01. The van der Waals surface area contributed by atoms with Crippen LogP contribution in [0.2, 0.25) is 0 Å². The summed E-state index contributed by atoms with van der Waals surface area (Å²) in [4.78, 5) is 11.7. The fraction of sp³-hybridized carbons (Fsp3) is 0.200. The average Bonchev–Trinajstić information content (AvgIpc) is 2.80. The highest BCUT2D eigenvalue weighted by Crippen LogP contribution is 2.32. The molecule has 3 aromatic rings. The number of hydrogen-bond donors (Lipinski definition) is 0. The average molecular weight is 451 g/mol. The minimum atomic E-state index is -3.55. The zero-order valence-electron chi connectivity index (χ0n) is 18.1. The molecular weight excluding hydrogens is 424 g/mol. The molecule has 166 valence electrons. The molecule has 0 fully saturated rings. The van der Waals surface area contributed by atoms with Crippen molar-refractivity contribution in [3.05, 3.63) is 96.1 Å². The van der Waals surface area contributed by atoms with Crippen molar-refractivity contribution in [1.29, 1.82) is 0 Å². The number of nitrogens with zero attached hydrogens (tertiary/aromatic N) is 2. The van der Waals surface area contributed by atoms with E-state index in [2.05, 4.69) is 53.6 Å². The largest absolute Gasteiger partial charge is 0.466 e. The van der Waals surface area contributed by atoms with E-state index in [4.69, 9.17) is 4.74 Å². The molecule has 0 bridgehead atoms. The molecule has 0 saturated heterocycles. The maximum atomic E-state index is 11.8. The molecule has 1 unspecified atom stereocenters. The van der Waals surface area contributed by atoms with Crippen molar-refractivity contribution >= 4 is 22.2 Å². The minimum Gasteiger partial charge on any atom is -0.466 e. The highest BCUT2D eigenvalue weighted by molar-refractivity contribution is 7.88. The molecule has 0 saturated carbocycles. The third kappa shape index (κ3) is 6.04. The van der Waals surface area contributed by atoms with Crippen LogP contribution in [0.25, 0.3) is 11.1 Å². The molecule has 0 aliphatic carbocycles. The van der Waals surface area contributed by atoms with Gasteiger partial charge in [0, 0.05) is 0 Å². The van der Waals surface area contributed by atoms with Gasteiger partial charge in [-0.15, -0.1) is 0 Å². The van der Waals surface area contributed by atoms with E-state index in [0.29, 0.717) is 0 Å². The number of hydrazone groups is 1. The lowest BCUT2D eigenvalue weighted by Gasteiger charge is -2.30. The van der Waals surface area contributed by atoms with Crippen LogP contribution in [-0.2, 0) is 19.6 Å². The fourth-order valence-corrected chi connectivity index (χ4v) is 4.26. The van der Waals surface area contributed by atoms with E-state index in [1.54, 1.807) is 19.1 Å². The molecule has 1 heterocycles. The van der Waals surface area contributed by atoms with Crippen LogP contribution in [0.5, 0.6) is 0 Å². The number of esters is 1. The smallest absolute Gasteiger partial charge is 0.308 e. The fourth-order valence-electron chi connectivity index (χ4n) is 3.39. The number of hydrogen-bond acceptors (Lipinski definition) is 5. The van der Waals surface area contributed by atoms with E-state index >= 15 is 0 Å². The zero-order valence-corrected chi connectivity index (χ0v) is 18.9. The second kappa shape index (κ2) is 10.7. The predicted octanol–water partition coefficient (Wildman–Crippen LogP) is 4.64. The third-order valence-electron chi connectivity index (χ3n) is 4.82. The maximum Gasteiger partial charge on any atom is 0.308 e. The van der Waals surface area contributed by atoms with Gasteiger partial charge in [-0.3, -0.25) is 4.79 Å². The Labute approximate surface area is 189 Å². The first kappa shape index (κ1) is 23.2. The zero-order chi connectivity index (χ0) is 23.0. The summed E-state index contributed by atoms with van der Waals surface area (Å²) < 4.78 is 29.5. The Morgan fingerprint density at radius 3 is 1.97 bits per heavy atom. The molecule has 7 heteroatoms. The molecule has 3 aromatic carbocycles. The number of benzene rings is 3.